The zero-order valence-electron chi connectivity index (χ0n) is 20.7. The predicted molar refractivity (Wildman–Crippen MR) is 125 cm³/mol. The quantitative estimate of drug-likeness (QED) is 0.649. The van der Waals surface area contributed by atoms with Crippen LogP contribution in [0.5, 0.6) is 0 Å². The number of aliphatic hydroxyl groups is 1. The highest BCUT2D eigenvalue weighted by molar-refractivity contribution is 5.93. The fraction of sp³-hybridized carbons (Fsp3) is 0.640. The molecule has 178 valence electrons. The number of benzene rings is 1. The minimum atomic E-state index is -0.789. The summed E-state index contributed by atoms with van der Waals surface area (Å²) >= 11 is 0. The molecule has 1 aromatic carbocycles. The van der Waals surface area contributed by atoms with Crippen LogP contribution in [0.4, 0.5) is 0 Å². The van der Waals surface area contributed by atoms with Gasteiger partial charge in [-0.15, -0.1) is 0 Å². The van der Waals surface area contributed by atoms with Gasteiger partial charge in [-0.05, 0) is 28.9 Å². The number of rotatable bonds is 5. The van der Waals surface area contributed by atoms with E-state index in [0.717, 1.165) is 5.56 Å². The lowest BCUT2D eigenvalue weighted by atomic mass is 9.85. The van der Waals surface area contributed by atoms with Gasteiger partial charge in [-0.2, -0.15) is 0 Å². The maximum atomic E-state index is 13.3. The first-order valence-electron chi connectivity index (χ1n) is 11.3. The molecule has 1 aromatic rings. The molecule has 4 atom stereocenters. The first-order valence-corrected chi connectivity index (χ1v) is 11.3. The van der Waals surface area contributed by atoms with Gasteiger partial charge in [0.2, 0.25) is 17.7 Å². The van der Waals surface area contributed by atoms with Crippen molar-refractivity contribution in [2.75, 3.05) is 6.54 Å². The van der Waals surface area contributed by atoms with Crippen molar-refractivity contribution in [1.29, 1.82) is 0 Å². The fourth-order valence-electron chi connectivity index (χ4n) is 3.99. The van der Waals surface area contributed by atoms with Gasteiger partial charge < -0.3 is 20.6 Å². The van der Waals surface area contributed by atoms with Gasteiger partial charge in [-0.1, -0.05) is 65.8 Å². The third-order valence-electron chi connectivity index (χ3n) is 5.96. The van der Waals surface area contributed by atoms with Gasteiger partial charge in [-0.3, -0.25) is 14.4 Å². The van der Waals surface area contributed by atoms with Crippen LogP contribution in [-0.2, 0) is 19.8 Å². The number of aliphatic hydroxyl groups excluding tert-OH is 1. The Hall–Kier alpha value is -2.41. The highest BCUT2D eigenvalue weighted by Crippen LogP contribution is 2.27. The number of carbonyl (C=O) groups is 3. The predicted octanol–water partition coefficient (Wildman–Crippen LogP) is 2.67. The Labute approximate surface area is 191 Å². The van der Waals surface area contributed by atoms with Gasteiger partial charge in [-0.25, -0.2) is 0 Å². The summed E-state index contributed by atoms with van der Waals surface area (Å²) < 4.78 is 0. The van der Waals surface area contributed by atoms with Crippen molar-refractivity contribution in [3.05, 3.63) is 35.4 Å². The molecule has 4 unspecified atom stereocenters. The van der Waals surface area contributed by atoms with Crippen LogP contribution in [0.15, 0.2) is 24.3 Å². The molecule has 0 aromatic heterocycles. The van der Waals surface area contributed by atoms with Gasteiger partial charge in [0.15, 0.2) is 0 Å². The van der Waals surface area contributed by atoms with E-state index in [0.29, 0.717) is 0 Å². The van der Waals surface area contributed by atoms with E-state index < -0.39 is 23.6 Å². The van der Waals surface area contributed by atoms with Gasteiger partial charge in [0.25, 0.3) is 0 Å². The molecule has 3 N–H and O–H groups in total. The number of nitrogens with zero attached hydrogens (tertiary/aromatic N) is 1. The molecule has 7 nitrogen and oxygen atoms in total. The summed E-state index contributed by atoms with van der Waals surface area (Å²) in [5, 5.41) is 15.9. The summed E-state index contributed by atoms with van der Waals surface area (Å²) in [4.78, 5) is 39.5. The highest BCUT2D eigenvalue weighted by atomic mass is 16.3. The largest absolute Gasteiger partial charge is 0.391 e. The zero-order valence-corrected chi connectivity index (χ0v) is 20.7. The maximum Gasteiger partial charge on any atom is 0.246 e. The number of nitrogens with one attached hydrogen (secondary N) is 2. The molecule has 0 bridgehead atoms. The second-order valence-corrected chi connectivity index (χ2v) is 11.0. The molecule has 1 aliphatic rings. The summed E-state index contributed by atoms with van der Waals surface area (Å²) in [6, 6.07) is 6.31. The average Bonchev–Trinajstić information content (AvgIpc) is 3.06. The monoisotopic (exact) mass is 445 g/mol. The maximum absolute atomic E-state index is 13.3. The Bertz CT molecular complexity index is 836. The lowest BCUT2D eigenvalue weighted by Crippen LogP contribution is -2.57. The van der Waals surface area contributed by atoms with Crippen LogP contribution < -0.4 is 10.6 Å². The summed E-state index contributed by atoms with van der Waals surface area (Å²) in [5.41, 5.74) is 1.68. The Kier molecular flexibility index (Phi) is 7.76. The second kappa shape index (κ2) is 9.61. The Morgan fingerprint density at radius 3 is 2.06 bits per heavy atom. The summed E-state index contributed by atoms with van der Waals surface area (Å²) in [5.74, 6) is -0.976. The van der Waals surface area contributed by atoms with Crippen molar-refractivity contribution in [3.63, 3.8) is 0 Å². The van der Waals surface area contributed by atoms with E-state index in [1.165, 1.54) is 17.4 Å². The van der Waals surface area contributed by atoms with Crippen molar-refractivity contribution in [2.24, 2.45) is 5.41 Å². The number of hydrogen-bond donors (Lipinski definition) is 3. The first-order chi connectivity index (χ1) is 14.6. The standard InChI is InChI=1S/C25H39N3O4/c1-15(17-9-11-18(12-10-17)24(3,4)5)26-22(31)20-13-19(30)14-28(20)23(32)21(25(6,7)8)27-16(2)29/h9-12,15,19-21,30H,13-14H2,1-8H3,(H,26,31)(H,27,29). The molecule has 2 rings (SSSR count). The van der Waals surface area contributed by atoms with E-state index in [4.69, 9.17) is 0 Å². The molecule has 3 amide bonds. The van der Waals surface area contributed by atoms with Crippen molar-refractivity contribution >= 4 is 17.7 Å². The SMILES string of the molecule is CC(=O)NC(C(=O)N1CC(O)CC1C(=O)NC(C)c1ccc(C(C)(C)C)cc1)C(C)(C)C. The molecular weight excluding hydrogens is 406 g/mol. The number of hydrogen-bond acceptors (Lipinski definition) is 4. The lowest BCUT2D eigenvalue weighted by Gasteiger charge is -2.35. The average molecular weight is 446 g/mol. The minimum absolute atomic E-state index is 0.0450. The molecule has 32 heavy (non-hydrogen) atoms. The molecule has 0 aliphatic carbocycles. The molecule has 1 fully saturated rings. The van der Waals surface area contributed by atoms with Gasteiger partial charge in [0.05, 0.1) is 12.1 Å². The summed E-state index contributed by atoms with van der Waals surface area (Å²) in [6.45, 7) is 15.3. The van der Waals surface area contributed by atoms with Gasteiger partial charge in [0, 0.05) is 19.9 Å². The van der Waals surface area contributed by atoms with Crippen LogP contribution in [0.25, 0.3) is 0 Å². The van der Waals surface area contributed by atoms with Crippen molar-refractivity contribution in [1.82, 2.24) is 15.5 Å². The van der Waals surface area contributed by atoms with Crippen LogP contribution in [0.3, 0.4) is 0 Å². The van der Waals surface area contributed by atoms with Gasteiger partial charge in [0.1, 0.15) is 12.1 Å². The number of amides is 3. The molecule has 0 radical (unpaired) electrons. The van der Waals surface area contributed by atoms with Crippen LogP contribution in [-0.4, -0.2) is 52.5 Å². The lowest BCUT2D eigenvalue weighted by molar-refractivity contribution is -0.144. The van der Waals surface area contributed by atoms with Crippen molar-refractivity contribution in [3.8, 4) is 0 Å². The Morgan fingerprint density at radius 2 is 1.59 bits per heavy atom. The van der Waals surface area contributed by atoms with Crippen molar-refractivity contribution in [2.45, 2.75) is 91.5 Å². The van der Waals surface area contributed by atoms with Crippen LogP contribution in [0, 0.1) is 5.41 Å². The molecule has 0 spiro atoms. The molecule has 1 heterocycles. The summed E-state index contributed by atoms with van der Waals surface area (Å²) in [6.07, 6.45) is -0.612. The smallest absolute Gasteiger partial charge is 0.246 e. The topological polar surface area (TPSA) is 98.7 Å². The van der Waals surface area contributed by atoms with Crippen molar-refractivity contribution < 1.29 is 19.5 Å². The molecular formula is C25H39N3O4. The highest BCUT2D eigenvalue weighted by Gasteiger charge is 2.44. The normalized spacial score (nSPS) is 21.1. The van der Waals surface area contributed by atoms with Gasteiger partial charge >= 0.3 is 0 Å². The van der Waals surface area contributed by atoms with E-state index in [9.17, 15) is 19.5 Å². The minimum Gasteiger partial charge on any atom is -0.391 e. The molecule has 7 heteroatoms. The van der Waals surface area contributed by atoms with Crippen LogP contribution in [0.1, 0.15) is 79.0 Å². The molecule has 1 saturated heterocycles. The fourth-order valence-corrected chi connectivity index (χ4v) is 3.99. The zero-order chi connectivity index (χ0) is 24.4. The number of β-amino-alcohol motifs (C(OH)–C–C–N with tert-alkyl or cyclic N) is 1. The Balaban J connectivity index is 2.17. The van der Waals surface area contributed by atoms with Crippen LogP contribution >= 0.6 is 0 Å². The van der Waals surface area contributed by atoms with E-state index in [-0.39, 0.29) is 42.1 Å². The van der Waals surface area contributed by atoms with E-state index in [2.05, 4.69) is 43.5 Å². The molecule has 1 aliphatic heterocycles. The number of carbonyl (C=O) groups excluding carboxylic acids is 3. The van der Waals surface area contributed by atoms with Crippen LogP contribution in [0.2, 0.25) is 0 Å². The molecule has 0 saturated carbocycles. The Morgan fingerprint density at radius 1 is 1.03 bits per heavy atom. The third kappa shape index (κ3) is 6.31. The second-order valence-electron chi connectivity index (χ2n) is 11.0. The summed E-state index contributed by atoms with van der Waals surface area (Å²) in [7, 11) is 0. The number of likely N-dealkylation sites (tertiary alicyclic amines) is 1. The van der Waals surface area contributed by atoms with E-state index in [1.807, 2.05) is 39.8 Å². The van der Waals surface area contributed by atoms with E-state index in [1.54, 1.807) is 0 Å². The van der Waals surface area contributed by atoms with E-state index >= 15 is 0 Å². The first kappa shape index (κ1) is 25.8. The third-order valence-corrected chi connectivity index (χ3v) is 5.96.